The molecule has 0 aromatic heterocycles. The van der Waals surface area contributed by atoms with E-state index in [0.717, 1.165) is 19.4 Å². The summed E-state index contributed by atoms with van der Waals surface area (Å²) in [5, 5.41) is 0. The molecule has 0 aromatic rings. The van der Waals surface area contributed by atoms with E-state index < -0.39 is 0 Å². The van der Waals surface area contributed by atoms with Crippen LogP contribution >= 0.6 is 0 Å². The van der Waals surface area contributed by atoms with Crippen LogP contribution in [-0.2, 0) is 4.79 Å². The highest BCUT2D eigenvalue weighted by molar-refractivity contribution is 5.76. The van der Waals surface area contributed by atoms with Crippen molar-refractivity contribution in [3.8, 4) is 0 Å². The van der Waals surface area contributed by atoms with Crippen LogP contribution < -0.4 is 5.73 Å². The fourth-order valence-corrected chi connectivity index (χ4v) is 3.84. The highest BCUT2D eigenvalue weighted by atomic mass is 16.2. The maximum atomic E-state index is 12.5. The van der Waals surface area contributed by atoms with E-state index in [0.29, 0.717) is 19.0 Å². The maximum absolute atomic E-state index is 12.5. The summed E-state index contributed by atoms with van der Waals surface area (Å²) in [6, 6.07) is 0.545. The van der Waals surface area contributed by atoms with Crippen LogP contribution in [0.25, 0.3) is 0 Å². The van der Waals surface area contributed by atoms with Crippen LogP contribution in [0, 0.1) is 5.41 Å². The molecule has 20 heavy (non-hydrogen) atoms. The molecule has 1 unspecified atom stereocenters. The Labute approximate surface area is 123 Å². The molecule has 2 fully saturated rings. The molecule has 0 radical (unpaired) electrons. The lowest BCUT2D eigenvalue weighted by molar-refractivity contribution is -0.133. The van der Waals surface area contributed by atoms with Crippen LogP contribution in [0.2, 0.25) is 0 Å². The molecule has 2 N–H and O–H groups in total. The predicted octanol–water partition coefficient (Wildman–Crippen LogP) is 1.84. The number of rotatable bonds is 5. The highest BCUT2D eigenvalue weighted by Crippen LogP contribution is 2.38. The van der Waals surface area contributed by atoms with Gasteiger partial charge in [-0.25, -0.2) is 0 Å². The minimum Gasteiger partial charge on any atom is -0.344 e. The summed E-state index contributed by atoms with van der Waals surface area (Å²) in [7, 11) is 4.13. The van der Waals surface area contributed by atoms with Crippen molar-refractivity contribution in [2.45, 2.75) is 57.4 Å². The molecule has 4 nitrogen and oxygen atoms in total. The molecule has 116 valence electrons. The average Bonchev–Trinajstić information content (AvgIpc) is 2.85. The minimum atomic E-state index is 0.0885. The van der Waals surface area contributed by atoms with Crippen LogP contribution in [-0.4, -0.2) is 55.5 Å². The summed E-state index contributed by atoms with van der Waals surface area (Å²) in [6.07, 6.45) is 9.17. The first kappa shape index (κ1) is 15.8. The van der Waals surface area contributed by atoms with Crippen molar-refractivity contribution in [3.63, 3.8) is 0 Å². The molecule has 0 aromatic carbocycles. The van der Waals surface area contributed by atoms with Gasteiger partial charge in [-0.1, -0.05) is 19.3 Å². The van der Waals surface area contributed by atoms with Gasteiger partial charge in [-0.05, 0) is 51.2 Å². The molecular weight excluding hydrogens is 250 g/mol. The third-order valence-corrected chi connectivity index (χ3v) is 5.46. The number of nitrogens with zero attached hydrogens (tertiary/aromatic N) is 2. The van der Waals surface area contributed by atoms with E-state index in [1.165, 1.54) is 38.6 Å². The number of hydrogen-bond donors (Lipinski definition) is 1. The van der Waals surface area contributed by atoms with Crippen LogP contribution in [0.3, 0.4) is 0 Å². The van der Waals surface area contributed by atoms with Gasteiger partial charge in [0.2, 0.25) is 5.91 Å². The molecule has 1 saturated heterocycles. The number of amides is 1. The Hall–Kier alpha value is -0.610. The van der Waals surface area contributed by atoms with Crippen molar-refractivity contribution >= 4 is 5.91 Å². The SMILES string of the molecule is CN(CC1CCCN1C)C(=O)CC1(CN)CCCCC1. The van der Waals surface area contributed by atoms with Gasteiger partial charge in [0, 0.05) is 26.1 Å². The molecule has 1 aliphatic carbocycles. The van der Waals surface area contributed by atoms with Crippen molar-refractivity contribution in [1.82, 2.24) is 9.80 Å². The van der Waals surface area contributed by atoms with E-state index in [1.807, 2.05) is 11.9 Å². The van der Waals surface area contributed by atoms with Crippen molar-refractivity contribution in [2.24, 2.45) is 11.1 Å². The van der Waals surface area contributed by atoms with Gasteiger partial charge in [-0.2, -0.15) is 0 Å². The molecule has 1 amide bonds. The van der Waals surface area contributed by atoms with Crippen LogP contribution in [0.4, 0.5) is 0 Å². The lowest BCUT2D eigenvalue weighted by Crippen LogP contribution is -2.43. The third kappa shape index (κ3) is 3.73. The Kier molecular flexibility index (Phi) is 5.44. The third-order valence-electron chi connectivity index (χ3n) is 5.46. The largest absolute Gasteiger partial charge is 0.344 e. The Morgan fingerprint density at radius 3 is 2.55 bits per heavy atom. The lowest BCUT2D eigenvalue weighted by Gasteiger charge is -2.37. The monoisotopic (exact) mass is 281 g/mol. The van der Waals surface area contributed by atoms with E-state index in [1.54, 1.807) is 0 Å². The number of carbonyl (C=O) groups excluding carboxylic acids is 1. The van der Waals surface area contributed by atoms with Crippen molar-refractivity contribution in [1.29, 1.82) is 0 Å². The first-order chi connectivity index (χ1) is 9.56. The van der Waals surface area contributed by atoms with E-state index >= 15 is 0 Å². The molecule has 4 heteroatoms. The molecule has 1 heterocycles. The van der Waals surface area contributed by atoms with Gasteiger partial charge in [0.1, 0.15) is 0 Å². The molecule has 1 saturated carbocycles. The van der Waals surface area contributed by atoms with Gasteiger partial charge in [-0.3, -0.25) is 4.79 Å². The Morgan fingerprint density at radius 1 is 1.30 bits per heavy atom. The zero-order valence-electron chi connectivity index (χ0n) is 13.2. The second kappa shape index (κ2) is 6.90. The van der Waals surface area contributed by atoms with Gasteiger partial charge in [0.15, 0.2) is 0 Å². The van der Waals surface area contributed by atoms with Gasteiger partial charge in [0.05, 0.1) is 0 Å². The predicted molar refractivity (Wildman–Crippen MR) is 82.5 cm³/mol. The number of carbonyl (C=O) groups is 1. The maximum Gasteiger partial charge on any atom is 0.222 e. The summed E-state index contributed by atoms with van der Waals surface area (Å²) in [5.74, 6) is 0.289. The Balaban J connectivity index is 1.86. The first-order valence-electron chi connectivity index (χ1n) is 8.21. The fraction of sp³-hybridized carbons (Fsp3) is 0.938. The van der Waals surface area contributed by atoms with Gasteiger partial charge < -0.3 is 15.5 Å². The summed E-state index contributed by atoms with van der Waals surface area (Å²) in [5.41, 5.74) is 6.08. The van der Waals surface area contributed by atoms with Crippen LogP contribution in [0.15, 0.2) is 0 Å². The van der Waals surface area contributed by atoms with Gasteiger partial charge >= 0.3 is 0 Å². The number of likely N-dealkylation sites (N-methyl/N-ethyl adjacent to an activating group) is 2. The second-order valence-corrected chi connectivity index (χ2v) is 6.99. The molecular formula is C16H31N3O. The standard InChI is InChI=1S/C16H31N3O/c1-18-10-6-7-14(18)12-19(2)15(20)11-16(13-17)8-4-3-5-9-16/h14H,3-13,17H2,1-2H3. The van der Waals surface area contributed by atoms with Crippen LogP contribution in [0.5, 0.6) is 0 Å². The number of hydrogen-bond acceptors (Lipinski definition) is 3. The van der Waals surface area contributed by atoms with Crippen molar-refractivity contribution in [3.05, 3.63) is 0 Å². The molecule has 0 spiro atoms. The minimum absolute atomic E-state index is 0.0885. The van der Waals surface area contributed by atoms with Crippen LogP contribution in [0.1, 0.15) is 51.4 Å². The van der Waals surface area contributed by atoms with Crippen molar-refractivity contribution < 1.29 is 4.79 Å². The summed E-state index contributed by atoms with van der Waals surface area (Å²) < 4.78 is 0. The van der Waals surface area contributed by atoms with E-state index in [2.05, 4.69) is 11.9 Å². The van der Waals surface area contributed by atoms with Gasteiger partial charge in [-0.15, -0.1) is 0 Å². The summed E-state index contributed by atoms with van der Waals surface area (Å²) in [6.45, 7) is 2.70. The average molecular weight is 281 g/mol. The quantitative estimate of drug-likeness (QED) is 0.836. The Bertz CT molecular complexity index is 326. The molecule has 2 aliphatic rings. The molecule has 1 aliphatic heterocycles. The molecule has 1 atom stereocenters. The lowest BCUT2D eigenvalue weighted by atomic mass is 9.71. The smallest absolute Gasteiger partial charge is 0.222 e. The highest BCUT2D eigenvalue weighted by Gasteiger charge is 2.34. The molecule has 2 rings (SSSR count). The summed E-state index contributed by atoms with van der Waals surface area (Å²) >= 11 is 0. The number of nitrogens with two attached hydrogens (primary N) is 1. The zero-order chi connectivity index (χ0) is 14.6. The normalized spacial score (nSPS) is 26.6. The number of likely N-dealkylation sites (tertiary alicyclic amines) is 1. The first-order valence-corrected chi connectivity index (χ1v) is 8.21. The van der Waals surface area contributed by atoms with E-state index in [4.69, 9.17) is 5.73 Å². The fourth-order valence-electron chi connectivity index (χ4n) is 3.84. The van der Waals surface area contributed by atoms with Crippen molar-refractivity contribution in [2.75, 3.05) is 33.7 Å². The Morgan fingerprint density at radius 2 is 2.00 bits per heavy atom. The van der Waals surface area contributed by atoms with E-state index in [-0.39, 0.29) is 11.3 Å². The van der Waals surface area contributed by atoms with E-state index in [9.17, 15) is 4.79 Å². The zero-order valence-corrected chi connectivity index (χ0v) is 13.2. The molecule has 0 bridgehead atoms. The van der Waals surface area contributed by atoms with Gasteiger partial charge in [0.25, 0.3) is 0 Å². The summed E-state index contributed by atoms with van der Waals surface area (Å²) in [4.78, 5) is 16.8. The second-order valence-electron chi connectivity index (χ2n) is 6.99. The topological polar surface area (TPSA) is 49.6 Å².